The van der Waals surface area contributed by atoms with Gasteiger partial charge in [-0.15, -0.1) is 0 Å². The van der Waals surface area contributed by atoms with E-state index in [4.69, 9.17) is 4.98 Å². The topological polar surface area (TPSA) is 41.0 Å². The highest BCUT2D eigenvalue weighted by atomic mass is 79.9. The number of anilines is 2. The van der Waals surface area contributed by atoms with Crippen molar-refractivity contribution < 1.29 is 0 Å². The molecule has 128 valence electrons. The summed E-state index contributed by atoms with van der Waals surface area (Å²) >= 11 is 3.57. The van der Waals surface area contributed by atoms with Gasteiger partial charge >= 0.3 is 0 Å². The van der Waals surface area contributed by atoms with E-state index in [1.54, 1.807) is 0 Å². The number of halogens is 1. The summed E-state index contributed by atoms with van der Waals surface area (Å²) in [5.41, 5.74) is 2.81. The molecule has 0 saturated heterocycles. The van der Waals surface area contributed by atoms with E-state index >= 15 is 0 Å². The number of benzene rings is 1. The molecule has 2 heterocycles. The lowest BCUT2D eigenvalue weighted by molar-refractivity contribution is 0.701. The fourth-order valence-corrected chi connectivity index (χ4v) is 3.37. The number of fused-ring (bicyclic) bond motifs is 1. The van der Waals surface area contributed by atoms with Crippen LogP contribution in [0.3, 0.4) is 0 Å². The summed E-state index contributed by atoms with van der Waals surface area (Å²) < 4.78 is 1.15. The lowest BCUT2D eigenvalue weighted by atomic mass is 10.00. The highest BCUT2D eigenvalue weighted by Gasteiger charge is 2.20. The van der Waals surface area contributed by atoms with Gasteiger partial charge in [0, 0.05) is 35.6 Å². The minimum absolute atomic E-state index is 0.311. The number of aromatic nitrogens is 2. The average Bonchev–Trinajstić information content (AvgIpc) is 2.53. The maximum Gasteiger partial charge on any atom is 0.135 e. The second-order valence-electron chi connectivity index (χ2n) is 7.01. The standard InChI is InChI=1S/C19H25BrN4/c1-12(2)19-22-17(21-13(3)4)10-18(23-19)24-8-7-14-9-16(20)6-5-15(14)11-24/h5-6,9-10,12-13H,7-8,11H2,1-4H3,(H,21,22,23). The summed E-state index contributed by atoms with van der Waals surface area (Å²) in [4.78, 5) is 11.8. The third-order valence-electron chi connectivity index (χ3n) is 4.19. The van der Waals surface area contributed by atoms with E-state index in [-0.39, 0.29) is 0 Å². The highest BCUT2D eigenvalue weighted by Crippen LogP contribution is 2.27. The predicted molar refractivity (Wildman–Crippen MR) is 104 cm³/mol. The molecule has 0 spiro atoms. The molecular weight excluding hydrogens is 364 g/mol. The first-order chi connectivity index (χ1) is 11.4. The number of nitrogens with zero attached hydrogens (tertiary/aromatic N) is 3. The number of rotatable bonds is 4. The molecule has 24 heavy (non-hydrogen) atoms. The maximum atomic E-state index is 4.82. The van der Waals surface area contributed by atoms with Gasteiger partial charge in [-0.25, -0.2) is 9.97 Å². The van der Waals surface area contributed by atoms with Crippen molar-refractivity contribution >= 4 is 27.6 Å². The fraction of sp³-hybridized carbons (Fsp3) is 0.474. The SMILES string of the molecule is CC(C)Nc1cc(N2CCc3cc(Br)ccc3C2)nc(C(C)C)n1. The molecule has 1 aromatic carbocycles. The molecule has 1 N–H and O–H groups in total. The second kappa shape index (κ2) is 7.09. The first-order valence-corrected chi connectivity index (χ1v) is 9.39. The van der Waals surface area contributed by atoms with Crippen molar-refractivity contribution in [3.63, 3.8) is 0 Å². The summed E-state index contributed by atoms with van der Waals surface area (Å²) in [5.74, 6) is 3.15. The van der Waals surface area contributed by atoms with E-state index in [2.05, 4.69) is 83.1 Å². The molecule has 1 aliphatic heterocycles. The summed E-state index contributed by atoms with van der Waals surface area (Å²) in [6, 6.07) is 9.00. The van der Waals surface area contributed by atoms with Crippen LogP contribution in [-0.4, -0.2) is 22.6 Å². The van der Waals surface area contributed by atoms with Crippen molar-refractivity contribution in [1.82, 2.24) is 9.97 Å². The molecule has 0 amide bonds. The molecule has 3 rings (SSSR count). The predicted octanol–water partition coefficient (Wildman–Crippen LogP) is 4.75. The minimum atomic E-state index is 0.311. The molecule has 0 bridgehead atoms. The van der Waals surface area contributed by atoms with Crippen molar-refractivity contribution in [2.75, 3.05) is 16.8 Å². The van der Waals surface area contributed by atoms with Gasteiger partial charge in [-0.1, -0.05) is 35.8 Å². The van der Waals surface area contributed by atoms with Crippen LogP contribution in [0.2, 0.25) is 0 Å². The Balaban J connectivity index is 1.91. The van der Waals surface area contributed by atoms with Gasteiger partial charge in [-0.2, -0.15) is 0 Å². The smallest absolute Gasteiger partial charge is 0.135 e. The Hall–Kier alpha value is -1.62. The Labute approximate surface area is 152 Å². The number of hydrogen-bond donors (Lipinski definition) is 1. The summed E-state index contributed by atoms with van der Waals surface area (Å²) in [6.45, 7) is 10.4. The maximum absolute atomic E-state index is 4.82. The van der Waals surface area contributed by atoms with Crippen LogP contribution < -0.4 is 10.2 Å². The molecule has 1 aliphatic rings. The molecule has 0 atom stereocenters. The van der Waals surface area contributed by atoms with Crippen molar-refractivity contribution in [2.24, 2.45) is 0 Å². The van der Waals surface area contributed by atoms with Gasteiger partial charge < -0.3 is 10.2 Å². The zero-order valence-corrected chi connectivity index (χ0v) is 16.4. The van der Waals surface area contributed by atoms with Crippen molar-refractivity contribution in [3.05, 3.63) is 45.7 Å². The molecular formula is C19H25BrN4. The van der Waals surface area contributed by atoms with Crippen LogP contribution in [0.1, 0.15) is 50.6 Å². The number of nitrogens with one attached hydrogen (secondary N) is 1. The van der Waals surface area contributed by atoms with E-state index in [1.807, 2.05) is 0 Å². The normalized spacial score (nSPS) is 14.2. The zero-order chi connectivity index (χ0) is 17.3. The van der Waals surface area contributed by atoms with E-state index < -0.39 is 0 Å². The van der Waals surface area contributed by atoms with Crippen molar-refractivity contribution in [3.8, 4) is 0 Å². The Morgan fingerprint density at radius 3 is 2.58 bits per heavy atom. The first-order valence-electron chi connectivity index (χ1n) is 8.60. The molecule has 0 fully saturated rings. The van der Waals surface area contributed by atoms with Crippen LogP contribution >= 0.6 is 15.9 Å². The summed E-state index contributed by atoms with van der Waals surface area (Å²) in [6.07, 6.45) is 1.04. The molecule has 1 aromatic heterocycles. The Bertz CT molecular complexity index is 727. The molecule has 0 aliphatic carbocycles. The third kappa shape index (κ3) is 3.89. The largest absolute Gasteiger partial charge is 0.368 e. The lowest BCUT2D eigenvalue weighted by Crippen LogP contribution is -2.31. The van der Waals surface area contributed by atoms with Crippen LogP contribution in [-0.2, 0) is 13.0 Å². The van der Waals surface area contributed by atoms with E-state index in [9.17, 15) is 0 Å². The quantitative estimate of drug-likeness (QED) is 0.820. The molecule has 0 unspecified atom stereocenters. The zero-order valence-electron chi connectivity index (χ0n) is 14.8. The van der Waals surface area contributed by atoms with Gasteiger partial charge in [0.2, 0.25) is 0 Å². The van der Waals surface area contributed by atoms with Crippen LogP contribution in [0.5, 0.6) is 0 Å². The molecule has 4 nitrogen and oxygen atoms in total. The lowest BCUT2D eigenvalue weighted by Gasteiger charge is -2.30. The molecule has 5 heteroatoms. The molecule has 0 radical (unpaired) electrons. The minimum Gasteiger partial charge on any atom is -0.368 e. The second-order valence-corrected chi connectivity index (χ2v) is 7.92. The van der Waals surface area contributed by atoms with Gasteiger partial charge in [0.15, 0.2) is 0 Å². The van der Waals surface area contributed by atoms with Crippen LogP contribution in [0, 0.1) is 0 Å². The van der Waals surface area contributed by atoms with Gasteiger partial charge in [0.25, 0.3) is 0 Å². The average molecular weight is 389 g/mol. The third-order valence-corrected chi connectivity index (χ3v) is 4.68. The van der Waals surface area contributed by atoms with Crippen LogP contribution in [0.25, 0.3) is 0 Å². The Morgan fingerprint density at radius 1 is 1.08 bits per heavy atom. The van der Waals surface area contributed by atoms with Crippen LogP contribution in [0.4, 0.5) is 11.6 Å². The van der Waals surface area contributed by atoms with Gasteiger partial charge in [0.05, 0.1) is 0 Å². The Morgan fingerprint density at radius 2 is 1.88 bits per heavy atom. The van der Waals surface area contributed by atoms with Gasteiger partial charge in [-0.3, -0.25) is 0 Å². The first kappa shape index (κ1) is 17.2. The number of hydrogen-bond acceptors (Lipinski definition) is 4. The summed E-state index contributed by atoms with van der Waals surface area (Å²) in [5, 5.41) is 3.42. The van der Waals surface area contributed by atoms with Gasteiger partial charge in [-0.05, 0) is 43.5 Å². The highest BCUT2D eigenvalue weighted by molar-refractivity contribution is 9.10. The fourth-order valence-electron chi connectivity index (χ4n) is 2.96. The van der Waals surface area contributed by atoms with Crippen molar-refractivity contribution in [2.45, 2.75) is 52.6 Å². The van der Waals surface area contributed by atoms with E-state index in [1.165, 1.54) is 11.1 Å². The molecule has 2 aromatic rings. The van der Waals surface area contributed by atoms with Crippen LogP contribution in [0.15, 0.2) is 28.7 Å². The molecule has 0 saturated carbocycles. The van der Waals surface area contributed by atoms with E-state index in [0.29, 0.717) is 12.0 Å². The summed E-state index contributed by atoms with van der Waals surface area (Å²) in [7, 11) is 0. The van der Waals surface area contributed by atoms with Crippen molar-refractivity contribution in [1.29, 1.82) is 0 Å². The monoisotopic (exact) mass is 388 g/mol. The Kier molecular flexibility index (Phi) is 5.09. The van der Waals surface area contributed by atoms with Gasteiger partial charge in [0.1, 0.15) is 17.5 Å². The van der Waals surface area contributed by atoms with E-state index in [0.717, 1.165) is 41.4 Å².